The summed E-state index contributed by atoms with van der Waals surface area (Å²) >= 11 is 1.56. The second-order valence-electron chi connectivity index (χ2n) is 3.83. The first-order valence-electron chi connectivity index (χ1n) is 5.77. The molecule has 0 radical (unpaired) electrons. The van der Waals surface area contributed by atoms with Crippen molar-refractivity contribution < 1.29 is 14.7 Å². The maximum atomic E-state index is 12.0. The minimum Gasteiger partial charge on any atom is -0.480 e. The number of amides is 1. The van der Waals surface area contributed by atoms with Gasteiger partial charge in [-0.25, -0.2) is 4.79 Å². The van der Waals surface area contributed by atoms with E-state index in [0.29, 0.717) is 24.4 Å². The molecule has 6 heteroatoms. The normalized spacial score (nSPS) is 12.1. The topological polar surface area (TPSA) is 71.3 Å². The number of rotatable bonds is 7. The van der Waals surface area contributed by atoms with Gasteiger partial charge in [0, 0.05) is 12.7 Å². The van der Waals surface area contributed by atoms with Crippen LogP contribution in [-0.4, -0.2) is 39.6 Å². The van der Waals surface area contributed by atoms with Gasteiger partial charge in [-0.05, 0) is 37.5 Å². The number of carbonyl (C=O) groups is 2. The Morgan fingerprint density at radius 3 is 2.83 bits per heavy atom. The van der Waals surface area contributed by atoms with Crippen LogP contribution in [0.4, 0.5) is 0 Å². The summed E-state index contributed by atoms with van der Waals surface area (Å²) in [6.07, 6.45) is 4.13. The van der Waals surface area contributed by atoms with E-state index in [4.69, 9.17) is 5.11 Å². The number of carbonyl (C=O) groups excluding carboxylic acids is 1. The van der Waals surface area contributed by atoms with E-state index in [-0.39, 0.29) is 5.91 Å². The maximum Gasteiger partial charge on any atom is 0.326 e. The van der Waals surface area contributed by atoms with Crippen LogP contribution in [0.3, 0.4) is 0 Å². The maximum absolute atomic E-state index is 12.0. The summed E-state index contributed by atoms with van der Waals surface area (Å²) in [6.45, 7) is 2.61. The Bertz CT molecular complexity index is 417. The first-order valence-corrected chi connectivity index (χ1v) is 7.17. The van der Waals surface area contributed by atoms with E-state index < -0.39 is 12.0 Å². The number of hydrogen-bond donors (Lipinski definition) is 2. The van der Waals surface area contributed by atoms with Crippen molar-refractivity contribution in [3.63, 3.8) is 0 Å². The number of thioether (sulfide) groups is 1. The summed E-state index contributed by atoms with van der Waals surface area (Å²) < 4.78 is 1.78. The van der Waals surface area contributed by atoms with Crippen LogP contribution >= 0.6 is 11.8 Å². The van der Waals surface area contributed by atoms with Crippen molar-refractivity contribution in [1.29, 1.82) is 0 Å². The Labute approximate surface area is 111 Å². The fourth-order valence-corrected chi connectivity index (χ4v) is 2.09. The van der Waals surface area contributed by atoms with Crippen LogP contribution in [0, 0.1) is 0 Å². The van der Waals surface area contributed by atoms with Gasteiger partial charge in [0.1, 0.15) is 11.7 Å². The van der Waals surface area contributed by atoms with Crippen LogP contribution in [0.2, 0.25) is 0 Å². The summed E-state index contributed by atoms with van der Waals surface area (Å²) in [4.78, 5) is 23.0. The quantitative estimate of drug-likeness (QED) is 0.786. The summed E-state index contributed by atoms with van der Waals surface area (Å²) in [5.41, 5.74) is 0.493. The van der Waals surface area contributed by atoms with Gasteiger partial charge in [-0.3, -0.25) is 4.79 Å². The fraction of sp³-hybridized carbons (Fsp3) is 0.500. The first kappa shape index (κ1) is 14.6. The number of aryl methyl sites for hydroxylation is 1. The third kappa shape index (κ3) is 3.80. The van der Waals surface area contributed by atoms with Crippen molar-refractivity contribution in [1.82, 2.24) is 9.88 Å². The molecule has 1 aromatic heterocycles. The summed E-state index contributed by atoms with van der Waals surface area (Å²) in [5, 5.41) is 11.6. The van der Waals surface area contributed by atoms with Gasteiger partial charge in [0.05, 0.1) is 0 Å². The average Bonchev–Trinajstić information content (AvgIpc) is 2.82. The average molecular weight is 270 g/mol. The van der Waals surface area contributed by atoms with Crippen LogP contribution in [-0.2, 0) is 11.3 Å². The molecule has 0 saturated heterocycles. The highest BCUT2D eigenvalue weighted by molar-refractivity contribution is 7.98. The fourth-order valence-electron chi connectivity index (χ4n) is 1.62. The molecular weight excluding hydrogens is 252 g/mol. The molecule has 0 spiro atoms. The lowest BCUT2D eigenvalue weighted by Crippen LogP contribution is -2.41. The Hall–Kier alpha value is -1.43. The van der Waals surface area contributed by atoms with E-state index in [9.17, 15) is 9.59 Å². The zero-order valence-corrected chi connectivity index (χ0v) is 11.4. The molecule has 0 fully saturated rings. The van der Waals surface area contributed by atoms with E-state index in [0.717, 1.165) is 0 Å². The lowest BCUT2D eigenvalue weighted by Gasteiger charge is -2.14. The third-order valence-electron chi connectivity index (χ3n) is 2.62. The molecule has 0 aliphatic rings. The molecule has 100 valence electrons. The van der Waals surface area contributed by atoms with Crippen molar-refractivity contribution in [3.8, 4) is 0 Å². The number of aromatic nitrogens is 1. The molecule has 0 bridgehead atoms. The highest BCUT2D eigenvalue weighted by atomic mass is 32.2. The molecule has 2 N–H and O–H groups in total. The van der Waals surface area contributed by atoms with Gasteiger partial charge < -0.3 is 15.0 Å². The SMILES string of the molecule is CCn1cccc1C(=O)N[C@@H](CCSC)C(=O)O. The van der Waals surface area contributed by atoms with E-state index in [1.54, 1.807) is 34.7 Å². The van der Waals surface area contributed by atoms with E-state index in [2.05, 4.69) is 5.32 Å². The van der Waals surface area contributed by atoms with Gasteiger partial charge in [-0.1, -0.05) is 0 Å². The Morgan fingerprint density at radius 1 is 1.56 bits per heavy atom. The van der Waals surface area contributed by atoms with Gasteiger partial charge in [-0.2, -0.15) is 11.8 Å². The molecule has 1 amide bonds. The van der Waals surface area contributed by atoms with Crippen LogP contribution in [0.5, 0.6) is 0 Å². The summed E-state index contributed by atoms with van der Waals surface area (Å²) in [6, 6.07) is 2.63. The highest BCUT2D eigenvalue weighted by Crippen LogP contribution is 2.05. The van der Waals surface area contributed by atoms with E-state index >= 15 is 0 Å². The second-order valence-corrected chi connectivity index (χ2v) is 4.81. The molecular formula is C12H18N2O3S. The Balaban J connectivity index is 2.69. The number of hydrogen-bond acceptors (Lipinski definition) is 3. The Morgan fingerprint density at radius 2 is 2.28 bits per heavy atom. The van der Waals surface area contributed by atoms with Crippen molar-refractivity contribution in [3.05, 3.63) is 24.0 Å². The number of carboxylic acids is 1. The molecule has 0 aromatic carbocycles. The molecule has 1 heterocycles. The van der Waals surface area contributed by atoms with Gasteiger partial charge >= 0.3 is 5.97 Å². The van der Waals surface area contributed by atoms with Gasteiger partial charge in [0.25, 0.3) is 5.91 Å². The predicted molar refractivity (Wildman–Crippen MR) is 72.0 cm³/mol. The highest BCUT2D eigenvalue weighted by Gasteiger charge is 2.21. The van der Waals surface area contributed by atoms with Crippen LogP contribution < -0.4 is 5.32 Å². The molecule has 0 aliphatic carbocycles. The molecule has 1 atom stereocenters. The zero-order valence-electron chi connectivity index (χ0n) is 10.5. The monoisotopic (exact) mass is 270 g/mol. The number of aliphatic carboxylic acids is 1. The minimum atomic E-state index is -0.994. The molecule has 0 saturated carbocycles. The van der Waals surface area contributed by atoms with Gasteiger partial charge in [0.15, 0.2) is 0 Å². The largest absolute Gasteiger partial charge is 0.480 e. The van der Waals surface area contributed by atoms with E-state index in [1.165, 1.54) is 0 Å². The van der Waals surface area contributed by atoms with Crippen LogP contribution in [0.15, 0.2) is 18.3 Å². The minimum absolute atomic E-state index is 0.338. The molecule has 18 heavy (non-hydrogen) atoms. The smallest absolute Gasteiger partial charge is 0.326 e. The van der Waals surface area contributed by atoms with Crippen molar-refractivity contribution in [2.24, 2.45) is 0 Å². The van der Waals surface area contributed by atoms with Crippen molar-refractivity contribution in [2.45, 2.75) is 25.9 Å². The number of carboxylic acid groups (broad SMARTS) is 1. The van der Waals surface area contributed by atoms with Crippen molar-refractivity contribution >= 4 is 23.6 Å². The Kier molecular flexibility index (Phi) is 5.77. The van der Waals surface area contributed by atoms with Crippen LogP contribution in [0.1, 0.15) is 23.8 Å². The molecule has 1 rings (SSSR count). The predicted octanol–water partition coefficient (Wildman–Crippen LogP) is 1.44. The second kappa shape index (κ2) is 7.10. The number of nitrogens with one attached hydrogen (secondary N) is 1. The lowest BCUT2D eigenvalue weighted by atomic mass is 10.2. The van der Waals surface area contributed by atoms with E-state index in [1.807, 2.05) is 13.2 Å². The van der Waals surface area contributed by atoms with Crippen LogP contribution in [0.25, 0.3) is 0 Å². The third-order valence-corrected chi connectivity index (χ3v) is 3.26. The standard InChI is InChI=1S/C12H18N2O3S/c1-3-14-7-4-5-10(14)11(15)13-9(12(16)17)6-8-18-2/h4-5,7,9H,3,6,8H2,1-2H3,(H,13,15)(H,16,17)/t9-/m0/s1. The van der Waals surface area contributed by atoms with Gasteiger partial charge in [0.2, 0.25) is 0 Å². The molecule has 0 aliphatic heterocycles. The first-order chi connectivity index (χ1) is 8.60. The zero-order chi connectivity index (χ0) is 13.5. The lowest BCUT2D eigenvalue weighted by molar-refractivity contribution is -0.139. The molecule has 1 aromatic rings. The summed E-state index contributed by atoms with van der Waals surface area (Å²) in [5.74, 6) is -0.631. The molecule has 5 nitrogen and oxygen atoms in total. The number of nitrogens with zero attached hydrogens (tertiary/aromatic N) is 1. The summed E-state index contributed by atoms with van der Waals surface area (Å²) in [7, 11) is 0. The van der Waals surface area contributed by atoms with Crippen molar-refractivity contribution in [2.75, 3.05) is 12.0 Å². The van der Waals surface area contributed by atoms with Gasteiger partial charge in [-0.15, -0.1) is 0 Å². The molecule has 0 unspecified atom stereocenters.